The van der Waals surface area contributed by atoms with Crippen molar-refractivity contribution in [3.8, 4) is 11.5 Å². The lowest BCUT2D eigenvalue weighted by Crippen LogP contribution is -2.45. The summed E-state index contributed by atoms with van der Waals surface area (Å²) < 4.78 is 5.32. The van der Waals surface area contributed by atoms with Crippen LogP contribution in [0.4, 0.5) is 0 Å². The first-order valence-electron chi connectivity index (χ1n) is 7.87. The number of phenolic OH excluding ortho intramolecular Hbond substituents is 1. The van der Waals surface area contributed by atoms with Crippen LogP contribution in [0.15, 0.2) is 47.5 Å². The maximum Gasteiger partial charge on any atom is 0.120 e. The first kappa shape index (κ1) is 16.8. The summed E-state index contributed by atoms with van der Waals surface area (Å²) >= 11 is 6.11. The number of rotatable bonds is 3. The van der Waals surface area contributed by atoms with Crippen molar-refractivity contribution in [1.82, 2.24) is 5.32 Å². The van der Waals surface area contributed by atoms with Gasteiger partial charge >= 0.3 is 0 Å². The second-order valence-electron chi connectivity index (χ2n) is 6.45. The molecule has 1 unspecified atom stereocenters. The van der Waals surface area contributed by atoms with Gasteiger partial charge in [-0.2, -0.15) is 0 Å². The van der Waals surface area contributed by atoms with Crippen molar-refractivity contribution in [2.45, 2.75) is 32.0 Å². The van der Waals surface area contributed by atoms with E-state index in [1.165, 1.54) is 0 Å². The van der Waals surface area contributed by atoms with Crippen molar-refractivity contribution in [3.63, 3.8) is 0 Å². The fraction of sp³-hybridized carbons (Fsp3) is 0.316. The molecule has 0 spiro atoms. The zero-order valence-corrected chi connectivity index (χ0v) is 14.8. The maximum atomic E-state index is 10.2. The second kappa shape index (κ2) is 6.46. The lowest BCUT2D eigenvalue weighted by atomic mass is 9.92. The molecule has 24 heavy (non-hydrogen) atoms. The van der Waals surface area contributed by atoms with Gasteiger partial charge in [0.1, 0.15) is 17.2 Å². The van der Waals surface area contributed by atoms with E-state index in [0.29, 0.717) is 11.4 Å². The van der Waals surface area contributed by atoms with E-state index in [1.807, 2.05) is 38.1 Å². The lowest BCUT2D eigenvalue weighted by molar-refractivity contribution is 0.328. The Hall–Kier alpha value is -2.04. The minimum atomic E-state index is -0.448. The van der Waals surface area contributed by atoms with Gasteiger partial charge in [0.25, 0.3) is 0 Å². The molecule has 3 rings (SSSR count). The van der Waals surface area contributed by atoms with Crippen LogP contribution in [-0.2, 0) is 0 Å². The Balaban J connectivity index is 1.99. The van der Waals surface area contributed by atoms with Gasteiger partial charge in [0, 0.05) is 28.8 Å². The number of nitrogens with zero attached hydrogens (tertiary/aromatic N) is 1. The molecule has 1 atom stereocenters. The minimum Gasteiger partial charge on any atom is -0.508 e. The fourth-order valence-electron chi connectivity index (χ4n) is 3.06. The molecule has 2 aromatic carbocycles. The third kappa shape index (κ3) is 3.55. The highest BCUT2D eigenvalue weighted by molar-refractivity contribution is 6.30. The molecule has 5 heteroatoms. The van der Waals surface area contributed by atoms with Crippen molar-refractivity contribution in [1.29, 1.82) is 0 Å². The van der Waals surface area contributed by atoms with Gasteiger partial charge in [0.15, 0.2) is 0 Å². The summed E-state index contributed by atoms with van der Waals surface area (Å²) in [6, 6.07) is 12.9. The fourth-order valence-corrected chi connectivity index (χ4v) is 3.24. The predicted octanol–water partition coefficient (Wildman–Crippen LogP) is 4.31. The highest BCUT2D eigenvalue weighted by Crippen LogP contribution is 2.35. The average molecular weight is 345 g/mol. The first-order valence-corrected chi connectivity index (χ1v) is 8.25. The van der Waals surface area contributed by atoms with E-state index >= 15 is 0 Å². The van der Waals surface area contributed by atoms with Gasteiger partial charge in [-0.3, -0.25) is 10.3 Å². The molecule has 0 amide bonds. The quantitative estimate of drug-likeness (QED) is 0.872. The van der Waals surface area contributed by atoms with E-state index in [2.05, 4.69) is 5.32 Å². The SMILES string of the molecule is COc1cccc(C2=NC(C)(C)NC(c3cc(Cl)ccc3O)C2)c1. The Bertz CT molecular complexity index is 787. The van der Waals surface area contributed by atoms with Gasteiger partial charge in [-0.05, 0) is 49.7 Å². The van der Waals surface area contributed by atoms with Crippen LogP contribution in [0.5, 0.6) is 11.5 Å². The number of ether oxygens (including phenoxy) is 1. The summed E-state index contributed by atoms with van der Waals surface area (Å²) in [5.74, 6) is 1.04. The lowest BCUT2D eigenvalue weighted by Gasteiger charge is -2.35. The van der Waals surface area contributed by atoms with Crippen molar-refractivity contribution in [3.05, 3.63) is 58.6 Å². The van der Waals surface area contributed by atoms with Gasteiger partial charge in [-0.25, -0.2) is 0 Å². The van der Waals surface area contributed by atoms with Crippen molar-refractivity contribution in [2.75, 3.05) is 7.11 Å². The molecule has 1 aliphatic heterocycles. The first-order chi connectivity index (χ1) is 11.4. The molecule has 0 bridgehead atoms. The number of nitrogens with one attached hydrogen (secondary N) is 1. The van der Waals surface area contributed by atoms with Crippen LogP contribution < -0.4 is 10.1 Å². The van der Waals surface area contributed by atoms with Crippen LogP contribution in [0.25, 0.3) is 0 Å². The molecular weight excluding hydrogens is 324 g/mol. The Labute approximate surface area is 147 Å². The van der Waals surface area contributed by atoms with E-state index in [9.17, 15) is 5.11 Å². The molecule has 126 valence electrons. The van der Waals surface area contributed by atoms with Crippen molar-refractivity contribution < 1.29 is 9.84 Å². The molecule has 2 aromatic rings. The minimum absolute atomic E-state index is 0.0719. The number of aliphatic imine (C=N–C) groups is 1. The van der Waals surface area contributed by atoms with Crippen LogP contribution in [0.1, 0.15) is 37.4 Å². The van der Waals surface area contributed by atoms with E-state index < -0.39 is 5.66 Å². The zero-order valence-electron chi connectivity index (χ0n) is 14.0. The Kier molecular flexibility index (Phi) is 4.52. The van der Waals surface area contributed by atoms with E-state index in [1.54, 1.807) is 25.3 Å². The molecule has 4 nitrogen and oxygen atoms in total. The number of hydrogen-bond donors (Lipinski definition) is 2. The predicted molar refractivity (Wildman–Crippen MR) is 97.2 cm³/mol. The molecule has 0 saturated heterocycles. The summed E-state index contributed by atoms with van der Waals surface area (Å²) in [6.07, 6.45) is 0.657. The van der Waals surface area contributed by atoms with Gasteiger partial charge in [-0.15, -0.1) is 0 Å². The molecule has 0 aromatic heterocycles. The number of benzene rings is 2. The molecule has 0 fully saturated rings. The second-order valence-corrected chi connectivity index (χ2v) is 6.89. The van der Waals surface area contributed by atoms with E-state index in [4.69, 9.17) is 21.3 Å². The van der Waals surface area contributed by atoms with Gasteiger partial charge in [0.05, 0.1) is 7.11 Å². The van der Waals surface area contributed by atoms with Crippen LogP contribution in [0.3, 0.4) is 0 Å². The molecule has 1 heterocycles. The smallest absolute Gasteiger partial charge is 0.120 e. The van der Waals surface area contributed by atoms with Crippen LogP contribution in [-0.4, -0.2) is 23.6 Å². The highest BCUT2D eigenvalue weighted by Gasteiger charge is 2.31. The summed E-state index contributed by atoms with van der Waals surface area (Å²) in [5.41, 5.74) is 2.33. The molecule has 2 N–H and O–H groups in total. The Morgan fingerprint density at radius 3 is 2.79 bits per heavy atom. The number of methoxy groups -OCH3 is 1. The van der Waals surface area contributed by atoms with Crippen LogP contribution in [0.2, 0.25) is 5.02 Å². The number of aromatic hydroxyl groups is 1. The van der Waals surface area contributed by atoms with Crippen LogP contribution in [0, 0.1) is 0 Å². The summed E-state index contributed by atoms with van der Waals surface area (Å²) in [4.78, 5) is 4.82. The van der Waals surface area contributed by atoms with Crippen LogP contribution >= 0.6 is 11.6 Å². The number of phenols is 1. The number of hydrogen-bond acceptors (Lipinski definition) is 4. The topological polar surface area (TPSA) is 53.8 Å². The molecule has 0 aliphatic carbocycles. The summed E-state index contributed by atoms with van der Waals surface area (Å²) in [5, 5.41) is 14.3. The average Bonchev–Trinajstić information content (AvgIpc) is 2.55. The monoisotopic (exact) mass is 344 g/mol. The summed E-state index contributed by atoms with van der Waals surface area (Å²) in [7, 11) is 1.65. The van der Waals surface area contributed by atoms with Crippen molar-refractivity contribution >= 4 is 17.3 Å². The van der Waals surface area contributed by atoms with Gasteiger partial charge < -0.3 is 9.84 Å². The number of halogens is 1. The molecule has 1 aliphatic rings. The standard InChI is InChI=1S/C19H21ClN2O2/c1-19(2)21-16(12-5-4-6-14(9-12)24-3)11-17(22-19)15-10-13(20)7-8-18(15)23/h4-10,17,22-23H,11H2,1-3H3. The van der Waals surface area contributed by atoms with Gasteiger partial charge in [0.2, 0.25) is 0 Å². The highest BCUT2D eigenvalue weighted by atomic mass is 35.5. The summed E-state index contributed by atoms with van der Waals surface area (Å²) in [6.45, 7) is 4.03. The van der Waals surface area contributed by atoms with E-state index in [0.717, 1.165) is 22.6 Å². The largest absolute Gasteiger partial charge is 0.508 e. The van der Waals surface area contributed by atoms with Crippen molar-refractivity contribution in [2.24, 2.45) is 4.99 Å². The molecule has 0 radical (unpaired) electrons. The third-order valence-corrected chi connectivity index (χ3v) is 4.34. The molecular formula is C19H21ClN2O2. The van der Waals surface area contributed by atoms with Gasteiger partial charge in [-0.1, -0.05) is 23.7 Å². The van der Waals surface area contributed by atoms with E-state index in [-0.39, 0.29) is 11.8 Å². The third-order valence-electron chi connectivity index (χ3n) is 4.11. The Morgan fingerprint density at radius 1 is 1.25 bits per heavy atom. The maximum absolute atomic E-state index is 10.2. The normalized spacial score (nSPS) is 19.7. The zero-order chi connectivity index (χ0) is 17.3. The Morgan fingerprint density at radius 2 is 2.04 bits per heavy atom. The molecule has 0 saturated carbocycles.